The lowest BCUT2D eigenvalue weighted by atomic mass is 9.81. The fourth-order valence-electron chi connectivity index (χ4n) is 2.96. The highest BCUT2D eigenvalue weighted by Crippen LogP contribution is 2.25. The molecule has 118 valence electrons. The number of nitrogens with two attached hydrogens (primary N) is 1. The quantitative estimate of drug-likeness (QED) is 0.824. The molecule has 0 saturated heterocycles. The summed E-state index contributed by atoms with van der Waals surface area (Å²) in [5.74, 6) is 0.0836. The summed E-state index contributed by atoms with van der Waals surface area (Å²) < 4.78 is 0. The van der Waals surface area contributed by atoms with Crippen LogP contribution in [0.2, 0.25) is 0 Å². The summed E-state index contributed by atoms with van der Waals surface area (Å²) in [7, 11) is 0. The van der Waals surface area contributed by atoms with Crippen LogP contribution in [0.5, 0.6) is 0 Å². The number of benzene rings is 2. The molecule has 0 aliphatic rings. The second kappa shape index (κ2) is 7.41. The van der Waals surface area contributed by atoms with Gasteiger partial charge in [-0.1, -0.05) is 56.3 Å². The summed E-state index contributed by atoms with van der Waals surface area (Å²) in [6, 6.07) is 14.7. The summed E-state index contributed by atoms with van der Waals surface area (Å²) in [6.07, 6.45) is 2.39. The van der Waals surface area contributed by atoms with E-state index in [-0.39, 0.29) is 5.91 Å². The molecule has 2 rings (SSSR count). The normalized spacial score (nSPS) is 11.6. The average Bonchev–Trinajstić information content (AvgIpc) is 2.57. The Labute approximate surface area is 132 Å². The van der Waals surface area contributed by atoms with Crippen molar-refractivity contribution in [1.82, 2.24) is 5.32 Å². The third kappa shape index (κ3) is 3.30. The van der Waals surface area contributed by atoms with Gasteiger partial charge in [0.1, 0.15) is 0 Å². The summed E-state index contributed by atoms with van der Waals surface area (Å²) in [5.41, 5.74) is 6.68. The molecule has 1 amide bonds. The number of hydrogen-bond acceptors (Lipinski definition) is 2. The first-order chi connectivity index (χ1) is 10.7. The Bertz CT molecular complexity index is 619. The van der Waals surface area contributed by atoms with E-state index in [1.165, 1.54) is 16.3 Å². The molecule has 0 radical (unpaired) electrons. The van der Waals surface area contributed by atoms with Gasteiger partial charge in [-0.25, -0.2) is 0 Å². The molecule has 0 saturated carbocycles. The number of hydrogen-bond donors (Lipinski definition) is 2. The summed E-state index contributed by atoms with van der Waals surface area (Å²) in [6.45, 7) is 5.11. The second-order valence-corrected chi connectivity index (χ2v) is 5.84. The van der Waals surface area contributed by atoms with Crippen molar-refractivity contribution in [2.45, 2.75) is 33.1 Å². The number of fused-ring (bicyclic) bond motifs is 1. The van der Waals surface area contributed by atoms with Crippen LogP contribution in [-0.4, -0.2) is 19.0 Å². The number of carbonyl (C=O) groups excluding carboxylic acids is 1. The van der Waals surface area contributed by atoms with E-state index < -0.39 is 5.41 Å². The van der Waals surface area contributed by atoms with Gasteiger partial charge in [0.25, 0.3) is 0 Å². The van der Waals surface area contributed by atoms with Gasteiger partial charge >= 0.3 is 0 Å². The van der Waals surface area contributed by atoms with Crippen LogP contribution in [0.3, 0.4) is 0 Å². The molecule has 3 nitrogen and oxygen atoms in total. The molecule has 2 aromatic rings. The first-order valence-corrected chi connectivity index (χ1v) is 8.12. The molecule has 0 atom stereocenters. The highest BCUT2D eigenvalue weighted by Gasteiger charge is 2.32. The molecule has 2 aromatic carbocycles. The number of amides is 1. The summed E-state index contributed by atoms with van der Waals surface area (Å²) in [4.78, 5) is 12.4. The van der Waals surface area contributed by atoms with E-state index >= 15 is 0 Å². The van der Waals surface area contributed by atoms with Crippen LogP contribution in [0.25, 0.3) is 10.8 Å². The van der Waals surface area contributed by atoms with Gasteiger partial charge in [-0.2, -0.15) is 0 Å². The van der Waals surface area contributed by atoms with Gasteiger partial charge in [0.15, 0.2) is 0 Å². The maximum atomic E-state index is 12.4. The number of carbonyl (C=O) groups is 1. The topological polar surface area (TPSA) is 55.1 Å². The Kier molecular flexibility index (Phi) is 5.56. The fourth-order valence-corrected chi connectivity index (χ4v) is 2.96. The van der Waals surface area contributed by atoms with E-state index in [4.69, 9.17) is 5.73 Å². The highest BCUT2D eigenvalue weighted by atomic mass is 16.2. The van der Waals surface area contributed by atoms with Gasteiger partial charge in [0, 0.05) is 13.1 Å². The molecule has 0 bridgehead atoms. The maximum absolute atomic E-state index is 12.4. The lowest BCUT2D eigenvalue weighted by molar-refractivity contribution is -0.131. The molecule has 0 heterocycles. The van der Waals surface area contributed by atoms with Crippen LogP contribution in [0.4, 0.5) is 0 Å². The van der Waals surface area contributed by atoms with Crippen LogP contribution in [0.1, 0.15) is 32.3 Å². The Morgan fingerprint density at radius 2 is 1.77 bits per heavy atom. The van der Waals surface area contributed by atoms with Crippen LogP contribution < -0.4 is 11.1 Å². The summed E-state index contributed by atoms with van der Waals surface area (Å²) >= 11 is 0. The zero-order valence-corrected chi connectivity index (χ0v) is 13.6. The van der Waals surface area contributed by atoms with Crippen molar-refractivity contribution in [3.8, 4) is 0 Å². The maximum Gasteiger partial charge on any atom is 0.227 e. The molecule has 3 heteroatoms. The Hall–Kier alpha value is -1.87. The molecular formula is C19H26N2O. The van der Waals surface area contributed by atoms with E-state index in [1.807, 2.05) is 19.9 Å². The van der Waals surface area contributed by atoms with Crippen molar-refractivity contribution in [2.24, 2.45) is 11.1 Å². The number of rotatable bonds is 7. The molecule has 0 spiro atoms. The molecule has 0 aliphatic carbocycles. The van der Waals surface area contributed by atoms with E-state index in [2.05, 4.69) is 41.7 Å². The SMILES string of the molecule is CCC(CC)(CN)C(=O)NCCc1cccc2ccccc12. The van der Waals surface area contributed by atoms with E-state index in [1.54, 1.807) is 0 Å². The first-order valence-electron chi connectivity index (χ1n) is 8.12. The van der Waals surface area contributed by atoms with Crippen molar-refractivity contribution in [2.75, 3.05) is 13.1 Å². The fraction of sp³-hybridized carbons (Fsp3) is 0.421. The molecule has 0 aromatic heterocycles. The molecule has 0 aliphatic heterocycles. The predicted octanol–water partition coefficient (Wildman–Crippen LogP) is 3.26. The molecule has 0 unspecified atom stereocenters. The van der Waals surface area contributed by atoms with Crippen LogP contribution in [-0.2, 0) is 11.2 Å². The third-order valence-corrected chi connectivity index (χ3v) is 4.79. The Morgan fingerprint density at radius 1 is 1.09 bits per heavy atom. The van der Waals surface area contributed by atoms with Gasteiger partial charge in [0.2, 0.25) is 5.91 Å². The van der Waals surface area contributed by atoms with E-state index in [0.29, 0.717) is 13.1 Å². The molecule has 22 heavy (non-hydrogen) atoms. The molecule has 3 N–H and O–H groups in total. The van der Waals surface area contributed by atoms with Crippen LogP contribution in [0, 0.1) is 5.41 Å². The molecular weight excluding hydrogens is 272 g/mol. The van der Waals surface area contributed by atoms with Gasteiger partial charge in [-0.3, -0.25) is 4.79 Å². The average molecular weight is 298 g/mol. The summed E-state index contributed by atoms with van der Waals surface area (Å²) in [5, 5.41) is 5.57. The standard InChI is InChI=1S/C19H26N2O/c1-3-19(4-2,14-20)18(22)21-13-12-16-10-7-9-15-8-5-6-11-17(15)16/h5-11H,3-4,12-14,20H2,1-2H3,(H,21,22). The third-order valence-electron chi connectivity index (χ3n) is 4.79. The van der Waals surface area contributed by atoms with E-state index in [9.17, 15) is 4.79 Å². The second-order valence-electron chi connectivity index (χ2n) is 5.84. The van der Waals surface area contributed by atoms with Crippen molar-refractivity contribution in [1.29, 1.82) is 0 Å². The van der Waals surface area contributed by atoms with E-state index in [0.717, 1.165) is 19.3 Å². The minimum absolute atomic E-state index is 0.0836. The highest BCUT2D eigenvalue weighted by molar-refractivity contribution is 5.86. The zero-order valence-electron chi connectivity index (χ0n) is 13.6. The van der Waals surface area contributed by atoms with Gasteiger partial charge in [0.05, 0.1) is 5.41 Å². The lowest BCUT2D eigenvalue weighted by Gasteiger charge is -2.28. The van der Waals surface area contributed by atoms with Crippen LogP contribution >= 0.6 is 0 Å². The predicted molar refractivity (Wildman–Crippen MR) is 92.7 cm³/mol. The number of nitrogens with one attached hydrogen (secondary N) is 1. The largest absolute Gasteiger partial charge is 0.355 e. The Morgan fingerprint density at radius 3 is 2.45 bits per heavy atom. The molecule has 0 fully saturated rings. The zero-order chi connectivity index (χ0) is 16.0. The Balaban J connectivity index is 2.02. The minimum atomic E-state index is -0.418. The van der Waals surface area contributed by atoms with Crippen molar-refractivity contribution in [3.05, 3.63) is 48.0 Å². The van der Waals surface area contributed by atoms with Gasteiger partial charge < -0.3 is 11.1 Å². The van der Waals surface area contributed by atoms with Gasteiger partial charge in [-0.15, -0.1) is 0 Å². The smallest absolute Gasteiger partial charge is 0.227 e. The minimum Gasteiger partial charge on any atom is -0.355 e. The van der Waals surface area contributed by atoms with Crippen molar-refractivity contribution >= 4 is 16.7 Å². The van der Waals surface area contributed by atoms with Gasteiger partial charge in [-0.05, 0) is 35.6 Å². The lowest BCUT2D eigenvalue weighted by Crippen LogP contribution is -2.45. The first kappa shape index (κ1) is 16.5. The van der Waals surface area contributed by atoms with Crippen molar-refractivity contribution in [3.63, 3.8) is 0 Å². The van der Waals surface area contributed by atoms with Crippen molar-refractivity contribution < 1.29 is 4.79 Å². The monoisotopic (exact) mass is 298 g/mol. The van der Waals surface area contributed by atoms with Crippen LogP contribution in [0.15, 0.2) is 42.5 Å².